The molecule has 0 aliphatic rings. The van der Waals surface area contributed by atoms with Crippen LogP contribution < -0.4 is 10.2 Å². The Kier molecular flexibility index (Phi) is 11.9. The smallest absolute Gasteiger partial charge is 0.166 e. The summed E-state index contributed by atoms with van der Waals surface area (Å²) in [4.78, 5) is 16.5. The van der Waals surface area contributed by atoms with E-state index in [2.05, 4.69) is 182 Å². The largest absolute Gasteiger partial charge is 0.652 e. The molecule has 0 fully saturated rings. The molecule has 5 heteroatoms. The first-order valence-corrected chi connectivity index (χ1v) is 15.8. The third-order valence-corrected chi connectivity index (χ3v) is 10.3. The van der Waals surface area contributed by atoms with E-state index < -0.39 is 6.16 Å². The normalized spacial score (nSPS) is 10.1. The summed E-state index contributed by atoms with van der Waals surface area (Å²) in [5.41, 5.74) is 0. The SMILES string of the molecule is O=C([O-])[O-].c1ccc([S+](c2ccccc2)c2ccccc2)cc1.c1ccc([S+](c2ccccc2)c2ccccc2)cc1. The molecule has 6 aromatic rings. The highest BCUT2D eigenvalue weighted by Crippen LogP contribution is 2.31. The third kappa shape index (κ3) is 9.16. The van der Waals surface area contributed by atoms with Crippen molar-refractivity contribution in [3.05, 3.63) is 182 Å². The van der Waals surface area contributed by atoms with E-state index in [0.717, 1.165) is 0 Å². The van der Waals surface area contributed by atoms with Crippen molar-refractivity contribution in [1.82, 2.24) is 0 Å². The highest BCUT2D eigenvalue weighted by Gasteiger charge is 2.28. The Hall–Kier alpha value is -4.71. The first-order chi connectivity index (χ1) is 20.6. The van der Waals surface area contributed by atoms with Gasteiger partial charge in [-0.25, -0.2) is 0 Å². The van der Waals surface area contributed by atoms with Gasteiger partial charge in [0.25, 0.3) is 0 Å². The highest BCUT2D eigenvalue weighted by atomic mass is 32.2. The molecule has 6 aromatic carbocycles. The zero-order valence-electron chi connectivity index (χ0n) is 22.9. The van der Waals surface area contributed by atoms with Crippen LogP contribution in [-0.4, -0.2) is 6.16 Å². The zero-order chi connectivity index (χ0) is 29.4. The first kappa shape index (κ1) is 30.3. The zero-order valence-corrected chi connectivity index (χ0v) is 24.5. The number of benzene rings is 6. The molecule has 0 radical (unpaired) electrons. The number of hydrogen-bond acceptors (Lipinski definition) is 3. The summed E-state index contributed by atoms with van der Waals surface area (Å²) in [7, 11) is -0.0293. The predicted molar refractivity (Wildman–Crippen MR) is 168 cm³/mol. The lowest BCUT2D eigenvalue weighted by atomic mass is 10.4. The van der Waals surface area contributed by atoms with Gasteiger partial charge >= 0.3 is 0 Å². The van der Waals surface area contributed by atoms with Crippen molar-refractivity contribution in [2.45, 2.75) is 29.4 Å². The minimum absolute atomic E-state index is 0.0146. The van der Waals surface area contributed by atoms with Crippen LogP contribution in [0, 0.1) is 0 Å². The maximum atomic E-state index is 8.33. The van der Waals surface area contributed by atoms with Gasteiger partial charge in [0, 0.05) is 0 Å². The third-order valence-electron chi connectivity index (χ3n) is 5.87. The number of carboxylic acid groups (broad SMARTS) is 2. The van der Waals surface area contributed by atoms with Gasteiger partial charge in [-0.1, -0.05) is 109 Å². The van der Waals surface area contributed by atoms with Crippen molar-refractivity contribution in [3.8, 4) is 0 Å². The van der Waals surface area contributed by atoms with Crippen molar-refractivity contribution >= 4 is 27.9 Å². The van der Waals surface area contributed by atoms with Crippen molar-refractivity contribution in [2.24, 2.45) is 0 Å². The molecule has 0 saturated heterocycles. The van der Waals surface area contributed by atoms with Crippen LogP contribution in [0.1, 0.15) is 0 Å². The average Bonchev–Trinajstić information content (AvgIpc) is 3.05. The summed E-state index contributed by atoms with van der Waals surface area (Å²) in [5, 5.41) is 16.7. The average molecular weight is 587 g/mol. The lowest BCUT2D eigenvalue weighted by molar-refractivity contribution is -0.415. The molecule has 0 amide bonds. The fourth-order valence-corrected chi connectivity index (χ4v) is 8.36. The van der Waals surface area contributed by atoms with Crippen molar-refractivity contribution in [2.75, 3.05) is 0 Å². The molecule has 208 valence electrons. The Labute approximate surface area is 253 Å². The summed E-state index contributed by atoms with van der Waals surface area (Å²) in [6, 6.07) is 64.3. The van der Waals surface area contributed by atoms with E-state index in [9.17, 15) is 0 Å². The van der Waals surface area contributed by atoms with Crippen LogP contribution in [0.3, 0.4) is 0 Å². The van der Waals surface area contributed by atoms with E-state index in [0.29, 0.717) is 0 Å². The summed E-state index contributed by atoms with van der Waals surface area (Å²) >= 11 is 0. The Bertz CT molecular complexity index is 1270. The second-order valence-corrected chi connectivity index (χ2v) is 12.8. The van der Waals surface area contributed by atoms with Gasteiger partial charge < -0.3 is 15.0 Å². The molecule has 0 atom stereocenters. The molecule has 0 N–H and O–H groups in total. The van der Waals surface area contributed by atoms with Gasteiger partial charge in [0.2, 0.25) is 0 Å². The number of carbonyl (C=O) groups is 1. The van der Waals surface area contributed by atoms with Gasteiger partial charge in [-0.05, 0) is 79.0 Å². The monoisotopic (exact) mass is 586 g/mol. The summed E-state index contributed by atoms with van der Waals surface area (Å²) in [5.74, 6) is 0. The summed E-state index contributed by atoms with van der Waals surface area (Å²) in [6.45, 7) is 0. The Morgan fingerprint density at radius 2 is 0.429 bits per heavy atom. The number of hydrogen-bond donors (Lipinski definition) is 0. The molecule has 6 rings (SSSR count). The molecule has 0 spiro atoms. The maximum Gasteiger partial charge on any atom is 0.166 e. The van der Waals surface area contributed by atoms with E-state index >= 15 is 0 Å². The van der Waals surface area contributed by atoms with Gasteiger partial charge in [0.1, 0.15) is 0 Å². The fraction of sp³-hybridized carbons (Fsp3) is 0. The van der Waals surface area contributed by atoms with E-state index in [4.69, 9.17) is 15.0 Å². The van der Waals surface area contributed by atoms with E-state index in [1.807, 2.05) is 0 Å². The molecule has 0 bridgehead atoms. The Morgan fingerprint density at radius 1 is 0.310 bits per heavy atom. The van der Waals surface area contributed by atoms with Crippen molar-refractivity contribution in [1.29, 1.82) is 0 Å². The van der Waals surface area contributed by atoms with Crippen molar-refractivity contribution in [3.63, 3.8) is 0 Å². The van der Waals surface area contributed by atoms with Gasteiger partial charge in [-0.3, -0.25) is 0 Å². The van der Waals surface area contributed by atoms with Gasteiger partial charge in [-0.2, -0.15) is 0 Å². The van der Waals surface area contributed by atoms with Crippen LogP contribution in [0.5, 0.6) is 0 Å². The van der Waals surface area contributed by atoms with Crippen LogP contribution in [0.4, 0.5) is 4.79 Å². The van der Waals surface area contributed by atoms with Gasteiger partial charge in [0.05, 0.1) is 21.8 Å². The van der Waals surface area contributed by atoms with Crippen LogP contribution in [0.2, 0.25) is 0 Å². The minimum atomic E-state index is -2.33. The number of rotatable bonds is 6. The molecule has 0 unspecified atom stereocenters. The van der Waals surface area contributed by atoms with Crippen LogP contribution in [-0.2, 0) is 21.8 Å². The van der Waals surface area contributed by atoms with Crippen LogP contribution in [0.15, 0.2) is 211 Å². The topological polar surface area (TPSA) is 63.2 Å². The van der Waals surface area contributed by atoms with Crippen LogP contribution >= 0.6 is 0 Å². The molecule has 3 nitrogen and oxygen atoms in total. The minimum Gasteiger partial charge on any atom is -0.652 e. The van der Waals surface area contributed by atoms with Gasteiger partial charge in [0.15, 0.2) is 29.4 Å². The molecule has 0 saturated carbocycles. The quantitative estimate of drug-likeness (QED) is 0.195. The van der Waals surface area contributed by atoms with Gasteiger partial charge in [-0.15, -0.1) is 0 Å². The second kappa shape index (κ2) is 16.5. The standard InChI is InChI=1S/2C18H15S.CH2O3/c2*1-4-10-16(11-5-1)19(17-12-6-2-7-13-17)18-14-8-3-9-15-18;2-1(3)4/h2*1-15H;(H2,2,3,4)/q2*+1;/p-2. The first-order valence-electron chi connectivity index (χ1n) is 13.3. The van der Waals surface area contributed by atoms with Crippen LogP contribution in [0.25, 0.3) is 0 Å². The molecule has 0 aliphatic carbocycles. The Balaban J connectivity index is 0.000000171. The maximum absolute atomic E-state index is 8.33. The highest BCUT2D eigenvalue weighted by molar-refractivity contribution is 7.97. The van der Waals surface area contributed by atoms with E-state index in [1.165, 1.54) is 29.4 Å². The van der Waals surface area contributed by atoms with Crippen molar-refractivity contribution < 1.29 is 15.0 Å². The Morgan fingerprint density at radius 3 is 0.548 bits per heavy atom. The van der Waals surface area contributed by atoms with E-state index in [-0.39, 0.29) is 21.8 Å². The second-order valence-electron chi connectivity index (χ2n) is 8.74. The molecule has 0 heterocycles. The summed E-state index contributed by atoms with van der Waals surface area (Å²) in [6.07, 6.45) is -2.33. The lowest BCUT2D eigenvalue weighted by Gasteiger charge is -2.07. The summed E-state index contributed by atoms with van der Waals surface area (Å²) < 4.78 is 0. The molecule has 42 heavy (non-hydrogen) atoms. The molecular formula is C37H30O3S2. The number of carbonyl (C=O) groups excluding carboxylic acids is 1. The molecule has 0 aliphatic heterocycles. The predicted octanol–water partition coefficient (Wildman–Crippen LogP) is 7.12. The molecule has 0 aromatic heterocycles. The molecular weight excluding hydrogens is 557 g/mol. The fourth-order valence-electron chi connectivity index (χ4n) is 4.16. The van der Waals surface area contributed by atoms with E-state index in [1.54, 1.807) is 0 Å². The lowest BCUT2D eigenvalue weighted by Crippen LogP contribution is -2.37.